The Morgan fingerprint density at radius 2 is 1.71 bits per heavy atom. The number of hydrogen-bond acceptors (Lipinski definition) is 2. The van der Waals surface area contributed by atoms with E-state index in [9.17, 15) is 27.2 Å². The molecule has 0 unspecified atom stereocenters. The summed E-state index contributed by atoms with van der Waals surface area (Å²) in [6, 6.07) is 10.3. The van der Waals surface area contributed by atoms with E-state index < -0.39 is 11.7 Å². The van der Waals surface area contributed by atoms with Gasteiger partial charge in [0.2, 0.25) is 5.91 Å². The minimum absolute atomic E-state index is 0.0339. The van der Waals surface area contributed by atoms with Crippen molar-refractivity contribution in [2.45, 2.75) is 32.5 Å². The Labute approximate surface area is 178 Å². The van der Waals surface area contributed by atoms with Gasteiger partial charge in [-0.1, -0.05) is 12.1 Å². The summed E-state index contributed by atoms with van der Waals surface area (Å²) in [5, 5.41) is 0. The minimum atomic E-state index is -4.45. The van der Waals surface area contributed by atoms with Gasteiger partial charge in [0, 0.05) is 37.7 Å². The van der Waals surface area contributed by atoms with Crippen LogP contribution in [0.2, 0.25) is 0 Å². The molecule has 1 heterocycles. The van der Waals surface area contributed by atoms with Gasteiger partial charge in [-0.2, -0.15) is 13.2 Å². The van der Waals surface area contributed by atoms with Crippen LogP contribution in [-0.2, 0) is 17.5 Å². The zero-order chi connectivity index (χ0) is 22.6. The number of carbonyl (C=O) groups excluding carboxylic acids is 2. The second kappa shape index (κ2) is 9.49. The molecule has 0 aliphatic carbocycles. The average Bonchev–Trinajstić information content (AvgIpc) is 2.76. The summed E-state index contributed by atoms with van der Waals surface area (Å²) in [4.78, 5) is 28.8. The predicted molar refractivity (Wildman–Crippen MR) is 108 cm³/mol. The lowest BCUT2D eigenvalue weighted by Crippen LogP contribution is -2.44. The lowest BCUT2D eigenvalue weighted by Gasteiger charge is -2.34. The Kier molecular flexibility index (Phi) is 6.97. The highest BCUT2D eigenvalue weighted by Gasteiger charge is 2.32. The molecule has 8 heteroatoms. The van der Waals surface area contributed by atoms with Gasteiger partial charge >= 0.3 is 6.18 Å². The lowest BCUT2D eigenvalue weighted by atomic mass is 9.94. The standard InChI is InChI=1S/C23H24F4N2O2/c1-2-28(15-16-4-3-5-20(24)14-16)21(30)18-10-12-29(13-11-18)22(31)17-6-8-19(9-7-17)23(25,26)27/h3-9,14,18H,2,10-13,15H2,1H3. The summed E-state index contributed by atoms with van der Waals surface area (Å²) in [7, 11) is 0. The van der Waals surface area contributed by atoms with Crippen molar-refractivity contribution in [1.82, 2.24) is 9.80 Å². The topological polar surface area (TPSA) is 40.6 Å². The first-order chi connectivity index (χ1) is 14.7. The Morgan fingerprint density at radius 3 is 2.26 bits per heavy atom. The summed E-state index contributed by atoms with van der Waals surface area (Å²) in [5.41, 5.74) is 0.107. The second-order valence-electron chi connectivity index (χ2n) is 7.62. The molecule has 0 saturated carbocycles. The molecule has 0 radical (unpaired) electrons. The molecular weight excluding hydrogens is 412 g/mol. The first-order valence-corrected chi connectivity index (χ1v) is 10.2. The van der Waals surface area contributed by atoms with Gasteiger partial charge in [-0.05, 0) is 61.7 Å². The molecule has 1 aliphatic heterocycles. The van der Waals surface area contributed by atoms with E-state index in [1.165, 1.54) is 24.3 Å². The lowest BCUT2D eigenvalue weighted by molar-refractivity contribution is -0.138. The Hall–Kier alpha value is -2.90. The zero-order valence-corrected chi connectivity index (χ0v) is 17.2. The number of nitrogens with zero attached hydrogens (tertiary/aromatic N) is 2. The van der Waals surface area contributed by atoms with Crippen molar-refractivity contribution in [1.29, 1.82) is 0 Å². The molecule has 2 amide bonds. The number of piperidine rings is 1. The van der Waals surface area contributed by atoms with Crippen molar-refractivity contribution < 1.29 is 27.2 Å². The number of amides is 2. The summed E-state index contributed by atoms with van der Waals surface area (Å²) in [6.07, 6.45) is -3.49. The summed E-state index contributed by atoms with van der Waals surface area (Å²) < 4.78 is 51.5. The second-order valence-corrected chi connectivity index (χ2v) is 7.62. The molecule has 0 spiro atoms. The number of likely N-dealkylation sites (tertiary alicyclic amines) is 1. The van der Waals surface area contributed by atoms with Gasteiger partial charge in [-0.15, -0.1) is 0 Å². The Balaban J connectivity index is 1.57. The highest BCUT2D eigenvalue weighted by Crippen LogP contribution is 2.29. The fraction of sp³-hybridized carbons (Fsp3) is 0.391. The number of halogens is 4. The maximum atomic E-state index is 13.4. The number of rotatable bonds is 5. The maximum Gasteiger partial charge on any atom is 0.416 e. The van der Waals surface area contributed by atoms with Crippen LogP contribution in [0.4, 0.5) is 17.6 Å². The summed E-state index contributed by atoms with van der Waals surface area (Å²) in [6.45, 7) is 3.37. The van der Waals surface area contributed by atoms with E-state index in [4.69, 9.17) is 0 Å². The zero-order valence-electron chi connectivity index (χ0n) is 17.2. The average molecular weight is 436 g/mol. The third-order valence-electron chi connectivity index (χ3n) is 5.55. The fourth-order valence-electron chi connectivity index (χ4n) is 3.77. The van der Waals surface area contributed by atoms with Gasteiger partial charge < -0.3 is 9.80 Å². The maximum absolute atomic E-state index is 13.4. The van der Waals surface area contributed by atoms with Crippen LogP contribution in [-0.4, -0.2) is 41.2 Å². The highest BCUT2D eigenvalue weighted by molar-refractivity contribution is 5.94. The Morgan fingerprint density at radius 1 is 1.06 bits per heavy atom. The third kappa shape index (κ3) is 5.62. The molecule has 1 fully saturated rings. The molecule has 1 aliphatic rings. The van der Waals surface area contributed by atoms with Gasteiger partial charge in [0.1, 0.15) is 5.82 Å². The van der Waals surface area contributed by atoms with E-state index in [1.807, 2.05) is 6.92 Å². The van der Waals surface area contributed by atoms with Crippen molar-refractivity contribution in [2.24, 2.45) is 5.92 Å². The number of carbonyl (C=O) groups is 2. The minimum Gasteiger partial charge on any atom is -0.339 e. The van der Waals surface area contributed by atoms with Crippen LogP contribution in [0.1, 0.15) is 41.3 Å². The highest BCUT2D eigenvalue weighted by atomic mass is 19.4. The van der Waals surface area contributed by atoms with Crippen LogP contribution in [0.25, 0.3) is 0 Å². The first-order valence-electron chi connectivity index (χ1n) is 10.2. The molecular formula is C23H24F4N2O2. The van der Waals surface area contributed by atoms with Crippen LogP contribution in [0, 0.1) is 11.7 Å². The largest absolute Gasteiger partial charge is 0.416 e. The van der Waals surface area contributed by atoms with E-state index in [1.54, 1.807) is 21.9 Å². The van der Waals surface area contributed by atoms with Crippen LogP contribution in [0.15, 0.2) is 48.5 Å². The van der Waals surface area contributed by atoms with Crippen molar-refractivity contribution in [3.05, 3.63) is 71.0 Å². The molecule has 1 saturated heterocycles. The molecule has 2 aromatic carbocycles. The van der Waals surface area contributed by atoms with Crippen LogP contribution < -0.4 is 0 Å². The summed E-state index contributed by atoms with van der Waals surface area (Å²) in [5.74, 6) is -0.971. The summed E-state index contributed by atoms with van der Waals surface area (Å²) >= 11 is 0. The number of benzene rings is 2. The van der Waals surface area contributed by atoms with Crippen LogP contribution in [0.3, 0.4) is 0 Å². The Bertz CT molecular complexity index is 920. The van der Waals surface area contributed by atoms with Crippen molar-refractivity contribution in [3.63, 3.8) is 0 Å². The quantitative estimate of drug-likeness (QED) is 0.635. The molecule has 0 atom stereocenters. The predicted octanol–water partition coefficient (Wildman–Crippen LogP) is 4.75. The molecule has 2 aromatic rings. The fourth-order valence-corrected chi connectivity index (χ4v) is 3.77. The van der Waals surface area contributed by atoms with Gasteiger partial charge in [-0.3, -0.25) is 9.59 Å². The normalized spacial score (nSPS) is 15.1. The molecule has 4 nitrogen and oxygen atoms in total. The molecule has 0 N–H and O–H groups in total. The molecule has 0 bridgehead atoms. The molecule has 0 aromatic heterocycles. The smallest absolute Gasteiger partial charge is 0.339 e. The van der Waals surface area contributed by atoms with Gasteiger partial charge in [0.15, 0.2) is 0 Å². The molecule has 166 valence electrons. The van der Waals surface area contributed by atoms with E-state index in [2.05, 4.69) is 0 Å². The van der Waals surface area contributed by atoms with Crippen LogP contribution >= 0.6 is 0 Å². The van der Waals surface area contributed by atoms with Crippen molar-refractivity contribution in [2.75, 3.05) is 19.6 Å². The monoisotopic (exact) mass is 436 g/mol. The van der Waals surface area contributed by atoms with Crippen molar-refractivity contribution in [3.8, 4) is 0 Å². The van der Waals surface area contributed by atoms with E-state index in [-0.39, 0.29) is 29.1 Å². The molecule has 31 heavy (non-hydrogen) atoms. The molecule has 3 rings (SSSR count). The SMILES string of the molecule is CCN(Cc1cccc(F)c1)C(=O)C1CCN(C(=O)c2ccc(C(F)(F)F)cc2)CC1. The van der Waals surface area contributed by atoms with E-state index >= 15 is 0 Å². The van der Waals surface area contributed by atoms with E-state index in [0.29, 0.717) is 44.6 Å². The van der Waals surface area contributed by atoms with Gasteiger partial charge in [0.25, 0.3) is 5.91 Å². The van der Waals surface area contributed by atoms with E-state index in [0.717, 1.165) is 12.1 Å². The first kappa shape index (κ1) is 22.8. The number of hydrogen-bond donors (Lipinski definition) is 0. The number of alkyl halides is 3. The van der Waals surface area contributed by atoms with Gasteiger partial charge in [0.05, 0.1) is 5.56 Å². The van der Waals surface area contributed by atoms with Crippen LogP contribution in [0.5, 0.6) is 0 Å². The third-order valence-corrected chi connectivity index (χ3v) is 5.55. The van der Waals surface area contributed by atoms with Crippen molar-refractivity contribution >= 4 is 11.8 Å². The van der Waals surface area contributed by atoms with Gasteiger partial charge in [-0.25, -0.2) is 4.39 Å².